The molecule has 2 aromatic rings. The molecule has 0 aliphatic carbocycles. The van der Waals surface area contributed by atoms with E-state index in [-0.39, 0.29) is 5.91 Å². The third kappa shape index (κ3) is 2.18. The third-order valence-corrected chi connectivity index (χ3v) is 4.04. The number of amides is 1. The van der Waals surface area contributed by atoms with Crippen molar-refractivity contribution < 1.29 is 4.79 Å². The molecule has 0 aromatic heterocycles. The van der Waals surface area contributed by atoms with E-state index in [0.29, 0.717) is 16.6 Å². The van der Waals surface area contributed by atoms with Crippen molar-refractivity contribution >= 4 is 34.8 Å². The summed E-state index contributed by atoms with van der Waals surface area (Å²) in [6, 6.07) is 12.1. The van der Waals surface area contributed by atoms with E-state index in [1.807, 2.05) is 24.3 Å². The molecule has 102 valence electrons. The molecule has 0 saturated carbocycles. The molecule has 3 nitrogen and oxygen atoms in total. The highest BCUT2D eigenvalue weighted by atomic mass is 35.5. The quantitative estimate of drug-likeness (QED) is 0.922. The lowest BCUT2D eigenvalue weighted by atomic mass is 10.1. The van der Waals surface area contributed by atoms with Gasteiger partial charge in [-0.15, -0.1) is 0 Å². The number of hydrogen-bond acceptors (Lipinski definition) is 2. The molecule has 0 radical (unpaired) electrons. The first kappa shape index (κ1) is 13.4. The summed E-state index contributed by atoms with van der Waals surface area (Å²) in [5.41, 5.74) is 8.40. The van der Waals surface area contributed by atoms with E-state index < -0.39 is 6.04 Å². The SMILES string of the molecule is NC1C(=O)N(Cc2ccccc2Cl)c2ccc(Cl)cc21. The standard InChI is InChI=1S/C15H12Cl2N2O/c16-10-5-6-13-11(7-10)14(18)15(20)19(13)8-9-3-1-2-4-12(9)17/h1-7,14H,8,18H2. The average Bonchev–Trinajstić information content (AvgIpc) is 2.66. The fraction of sp³-hybridized carbons (Fsp3) is 0.133. The van der Waals surface area contributed by atoms with Crippen molar-refractivity contribution in [2.24, 2.45) is 5.73 Å². The Labute approximate surface area is 126 Å². The van der Waals surface area contributed by atoms with Crippen molar-refractivity contribution in [3.8, 4) is 0 Å². The van der Waals surface area contributed by atoms with Crippen LogP contribution in [0.15, 0.2) is 42.5 Å². The number of halogens is 2. The smallest absolute Gasteiger partial charge is 0.248 e. The van der Waals surface area contributed by atoms with Gasteiger partial charge in [0.1, 0.15) is 6.04 Å². The zero-order valence-electron chi connectivity index (χ0n) is 10.5. The maximum Gasteiger partial charge on any atom is 0.248 e. The topological polar surface area (TPSA) is 46.3 Å². The zero-order valence-corrected chi connectivity index (χ0v) is 12.0. The van der Waals surface area contributed by atoms with Gasteiger partial charge >= 0.3 is 0 Å². The number of carbonyl (C=O) groups excluding carboxylic acids is 1. The molecule has 0 spiro atoms. The number of nitrogens with two attached hydrogens (primary N) is 1. The minimum absolute atomic E-state index is 0.137. The van der Waals surface area contributed by atoms with Crippen LogP contribution in [0.1, 0.15) is 17.2 Å². The molecule has 2 aromatic carbocycles. The lowest BCUT2D eigenvalue weighted by molar-refractivity contribution is -0.119. The van der Waals surface area contributed by atoms with Crippen LogP contribution in [-0.4, -0.2) is 5.91 Å². The van der Waals surface area contributed by atoms with Crippen molar-refractivity contribution in [2.45, 2.75) is 12.6 Å². The molecule has 1 unspecified atom stereocenters. The summed E-state index contributed by atoms with van der Waals surface area (Å²) in [7, 11) is 0. The fourth-order valence-electron chi connectivity index (χ4n) is 2.40. The van der Waals surface area contributed by atoms with Crippen LogP contribution in [0.4, 0.5) is 5.69 Å². The largest absolute Gasteiger partial charge is 0.316 e. The Morgan fingerprint density at radius 2 is 1.90 bits per heavy atom. The molecule has 0 fully saturated rings. The summed E-state index contributed by atoms with van der Waals surface area (Å²) in [6.45, 7) is 0.404. The van der Waals surface area contributed by atoms with Crippen LogP contribution in [0.25, 0.3) is 0 Å². The minimum Gasteiger partial charge on any atom is -0.316 e. The second-order valence-corrected chi connectivity index (χ2v) is 5.54. The van der Waals surface area contributed by atoms with E-state index in [1.165, 1.54) is 0 Å². The molecule has 1 heterocycles. The number of rotatable bonds is 2. The van der Waals surface area contributed by atoms with E-state index in [1.54, 1.807) is 23.1 Å². The summed E-state index contributed by atoms with van der Waals surface area (Å²) in [5, 5.41) is 1.21. The van der Waals surface area contributed by atoms with Crippen molar-refractivity contribution in [1.29, 1.82) is 0 Å². The van der Waals surface area contributed by atoms with E-state index in [2.05, 4.69) is 0 Å². The molecule has 1 amide bonds. The Bertz CT molecular complexity index is 687. The van der Waals surface area contributed by atoms with Gasteiger partial charge in [-0.2, -0.15) is 0 Å². The number of hydrogen-bond donors (Lipinski definition) is 1. The number of nitrogens with zero attached hydrogens (tertiary/aromatic N) is 1. The van der Waals surface area contributed by atoms with Gasteiger partial charge in [0, 0.05) is 21.3 Å². The third-order valence-electron chi connectivity index (χ3n) is 3.43. The lowest BCUT2D eigenvalue weighted by Gasteiger charge is -2.18. The Morgan fingerprint density at radius 1 is 1.15 bits per heavy atom. The van der Waals surface area contributed by atoms with Gasteiger partial charge in [-0.25, -0.2) is 0 Å². The van der Waals surface area contributed by atoms with Gasteiger partial charge in [0.25, 0.3) is 0 Å². The Balaban J connectivity index is 2.00. The summed E-state index contributed by atoms with van der Waals surface area (Å²) in [5.74, 6) is -0.137. The molecule has 1 aliphatic rings. The van der Waals surface area contributed by atoms with Crippen LogP contribution in [0, 0.1) is 0 Å². The maximum absolute atomic E-state index is 12.3. The van der Waals surface area contributed by atoms with Crippen LogP contribution in [-0.2, 0) is 11.3 Å². The first-order valence-electron chi connectivity index (χ1n) is 6.18. The number of benzene rings is 2. The average molecular weight is 307 g/mol. The number of fused-ring (bicyclic) bond motifs is 1. The summed E-state index contributed by atoms with van der Waals surface area (Å²) in [4.78, 5) is 14.0. The summed E-state index contributed by atoms with van der Waals surface area (Å²) < 4.78 is 0. The van der Waals surface area contributed by atoms with Gasteiger partial charge < -0.3 is 10.6 Å². The molecular formula is C15H12Cl2N2O. The van der Waals surface area contributed by atoms with E-state index in [4.69, 9.17) is 28.9 Å². The predicted molar refractivity (Wildman–Crippen MR) is 81.0 cm³/mol. The first-order chi connectivity index (χ1) is 9.58. The highest BCUT2D eigenvalue weighted by Crippen LogP contribution is 2.37. The lowest BCUT2D eigenvalue weighted by Crippen LogP contribution is -2.31. The molecule has 1 atom stereocenters. The zero-order chi connectivity index (χ0) is 14.3. The molecule has 0 saturated heterocycles. The molecule has 5 heteroatoms. The van der Waals surface area contributed by atoms with Crippen LogP contribution >= 0.6 is 23.2 Å². The van der Waals surface area contributed by atoms with Crippen molar-refractivity contribution in [3.05, 3.63) is 63.6 Å². The highest BCUT2D eigenvalue weighted by molar-refractivity contribution is 6.31. The predicted octanol–water partition coefficient (Wildman–Crippen LogP) is 3.54. The molecular weight excluding hydrogens is 295 g/mol. The van der Waals surface area contributed by atoms with E-state index in [9.17, 15) is 4.79 Å². The fourth-order valence-corrected chi connectivity index (χ4v) is 2.78. The molecule has 3 rings (SSSR count). The van der Waals surface area contributed by atoms with Gasteiger partial charge in [0.15, 0.2) is 0 Å². The number of anilines is 1. The van der Waals surface area contributed by atoms with Gasteiger partial charge in [-0.05, 0) is 29.8 Å². The molecule has 0 bridgehead atoms. The minimum atomic E-state index is -0.661. The summed E-state index contributed by atoms with van der Waals surface area (Å²) >= 11 is 12.1. The molecule has 20 heavy (non-hydrogen) atoms. The monoisotopic (exact) mass is 306 g/mol. The molecule has 1 aliphatic heterocycles. The van der Waals surface area contributed by atoms with E-state index >= 15 is 0 Å². The Hall–Kier alpha value is -1.55. The normalized spacial score (nSPS) is 17.4. The van der Waals surface area contributed by atoms with Gasteiger partial charge in [0.05, 0.1) is 6.54 Å². The second kappa shape index (κ2) is 5.09. The van der Waals surface area contributed by atoms with Gasteiger partial charge in [-0.3, -0.25) is 4.79 Å². The number of carbonyl (C=O) groups is 1. The van der Waals surface area contributed by atoms with Gasteiger partial charge in [-0.1, -0.05) is 41.4 Å². The van der Waals surface area contributed by atoms with Crippen molar-refractivity contribution in [3.63, 3.8) is 0 Å². The highest BCUT2D eigenvalue weighted by Gasteiger charge is 2.35. The Morgan fingerprint density at radius 3 is 2.65 bits per heavy atom. The van der Waals surface area contributed by atoms with Crippen LogP contribution in [0.3, 0.4) is 0 Å². The first-order valence-corrected chi connectivity index (χ1v) is 6.93. The summed E-state index contributed by atoms with van der Waals surface area (Å²) in [6.07, 6.45) is 0. The maximum atomic E-state index is 12.3. The van der Waals surface area contributed by atoms with Crippen LogP contribution < -0.4 is 10.6 Å². The van der Waals surface area contributed by atoms with Crippen molar-refractivity contribution in [1.82, 2.24) is 0 Å². The van der Waals surface area contributed by atoms with E-state index in [0.717, 1.165) is 16.8 Å². The van der Waals surface area contributed by atoms with Crippen LogP contribution in [0.5, 0.6) is 0 Å². The molecule has 2 N–H and O–H groups in total. The Kier molecular flexibility index (Phi) is 3.42. The van der Waals surface area contributed by atoms with Crippen LogP contribution in [0.2, 0.25) is 10.0 Å². The second-order valence-electron chi connectivity index (χ2n) is 4.70. The van der Waals surface area contributed by atoms with Crippen molar-refractivity contribution in [2.75, 3.05) is 4.90 Å². The van der Waals surface area contributed by atoms with Gasteiger partial charge in [0.2, 0.25) is 5.91 Å².